The highest BCUT2D eigenvalue weighted by Crippen LogP contribution is 2.39. The molecule has 5 rings (SSSR count). The molecule has 0 saturated heterocycles. The van der Waals surface area contributed by atoms with Crippen molar-refractivity contribution in [1.82, 2.24) is 15.0 Å². The molecule has 4 aromatic rings. The average molecular weight is 439 g/mol. The molecule has 0 bridgehead atoms. The van der Waals surface area contributed by atoms with Crippen LogP contribution in [-0.4, -0.2) is 40.0 Å². The summed E-state index contributed by atoms with van der Waals surface area (Å²) in [6, 6.07) is 17.9. The molecule has 7 heteroatoms. The fourth-order valence-electron chi connectivity index (χ4n) is 4.56. The lowest BCUT2D eigenvalue weighted by Gasteiger charge is -2.42. The van der Waals surface area contributed by atoms with Gasteiger partial charge in [0.2, 0.25) is 11.9 Å². The Bertz CT molecular complexity index is 1350. The fourth-order valence-corrected chi connectivity index (χ4v) is 4.56. The molecule has 0 saturated carbocycles. The number of amides is 1. The number of benzene rings is 2. The molecule has 0 spiro atoms. The first-order valence-corrected chi connectivity index (χ1v) is 11.1. The molecule has 1 N–H and O–H groups in total. The van der Waals surface area contributed by atoms with Gasteiger partial charge in [0.05, 0.1) is 22.6 Å². The molecule has 2 aromatic carbocycles. The highest BCUT2D eigenvalue weighted by molar-refractivity contribution is 6.05. The van der Waals surface area contributed by atoms with Crippen LogP contribution in [0.2, 0.25) is 0 Å². The van der Waals surface area contributed by atoms with Crippen LogP contribution in [0.15, 0.2) is 67.0 Å². The van der Waals surface area contributed by atoms with Crippen molar-refractivity contribution in [3.63, 3.8) is 0 Å². The Morgan fingerprint density at radius 2 is 1.76 bits per heavy atom. The van der Waals surface area contributed by atoms with Gasteiger partial charge < -0.3 is 15.1 Å². The highest BCUT2D eigenvalue weighted by Gasteiger charge is 2.34. The molecular weight excluding hydrogens is 412 g/mol. The second kappa shape index (κ2) is 8.16. The van der Waals surface area contributed by atoms with Gasteiger partial charge in [-0.25, -0.2) is 9.97 Å². The molecule has 1 aliphatic heterocycles. The van der Waals surface area contributed by atoms with Crippen LogP contribution in [0.1, 0.15) is 20.8 Å². The van der Waals surface area contributed by atoms with Gasteiger partial charge in [-0.05, 0) is 57.2 Å². The van der Waals surface area contributed by atoms with Crippen LogP contribution in [0.5, 0.6) is 0 Å². The van der Waals surface area contributed by atoms with Crippen molar-refractivity contribution in [2.75, 3.05) is 22.2 Å². The summed E-state index contributed by atoms with van der Waals surface area (Å²) in [5.74, 6) is 0.607. The lowest BCUT2D eigenvalue weighted by atomic mass is 10.0. The van der Waals surface area contributed by atoms with Gasteiger partial charge in [0.1, 0.15) is 6.04 Å². The molecule has 1 atom stereocenters. The van der Waals surface area contributed by atoms with E-state index in [1.807, 2.05) is 56.4 Å². The zero-order chi connectivity index (χ0) is 23.1. The Kier molecular flexibility index (Phi) is 5.17. The number of nitrogens with one attached hydrogen (secondary N) is 1. The molecule has 0 fully saturated rings. The Balaban J connectivity index is 1.51. The molecule has 0 aliphatic carbocycles. The van der Waals surface area contributed by atoms with Crippen molar-refractivity contribution in [3.05, 3.63) is 67.0 Å². The predicted molar refractivity (Wildman–Crippen MR) is 133 cm³/mol. The zero-order valence-corrected chi connectivity index (χ0v) is 19.1. The smallest absolute Gasteiger partial charge is 0.249 e. The molecule has 33 heavy (non-hydrogen) atoms. The van der Waals surface area contributed by atoms with Gasteiger partial charge in [-0.3, -0.25) is 9.78 Å². The van der Waals surface area contributed by atoms with Gasteiger partial charge in [-0.2, -0.15) is 0 Å². The van der Waals surface area contributed by atoms with Gasteiger partial charge in [-0.1, -0.05) is 18.2 Å². The van der Waals surface area contributed by atoms with Gasteiger partial charge in [0, 0.05) is 42.1 Å². The standard InChI is InChI=1S/C26H26N6O/c1-16(2)32-17(3)25(33)31(4)23-10-9-18(15-24(23)32)29-26-28-14-12-22(30-26)20-11-13-27-21-8-6-5-7-19(20)21/h5-17H,1-4H3,(H,28,29,30)/t17-/m1/s1. The first-order valence-electron chi connectivity index (χ1n) is 11.1. The largest absolute Gasteiger partial charge is 0.356 e. The van der Waals surface area contributed by atoms with E-state index in [1.165, 1.54) is 0 Å². The van der Waals surface area contributed by atoms with E-state index in [4.69, 9.17) is 4.98 Å². The summed E-state index contributed by atoms with van der Waals surface area (Å²) in [4.78, 5) is 30.2. The quantitative estimate of drug-likeness (QED) is 0.483. The number of aromatic nitrogens is 3. The summed E-state index contributed by atoms with van der Waals surface area (Å²) >= 11 is 0. The number of hydrogen-bond donors (Lipinski definition) is 1. The second-order valence-corrected chi connectivity index (χ2v) is 8.54. The van der Waals surface area contributed by atoms with E-state index >= 15 is 0 Å². The first-order chi connectivity index (χ1) is 15.9. The number of nitrogens with zero attached hydrogens (tertiary/aromatic N) is 5. The molecule has 1 amide bonds. The van der Waals surface area contributed by atoms with Crippen LogP contribution in [0.3, 0.4) is 0 Å². The summed E-state index contributed by atoms with van der Waals surface area (Å²) in [6.45, 7) is 6.16. The van der Waals surface area contributed by atoms with E-state index in [2.05, 4.69) is 46.2 Å². The average Bonchev–Trinajstić information content (AvgIpc) is 2.82. The Labute approximate surface area is 193 Å². The van der Waals surface area contributed by atoms with Gasteiger partial charge in [0.25, 0.3) is 0 Å². The molecule has 0 unspecified atom stereocenters. The van der Waals surface area contributed by atoms with Crippen LogP contribution in [-0.2, 0) is 4.79 Å². The van der Waals surface area contributed by atoms with Crippen molar-refractivity contribution < 1.29 is 4.79 Å². The molecule has 166 valence electrons. The van der Waals surface area contributed by atoms with Crippen molar-refractivity contribution in [3.8, 4) is 11.3 Å². The fraction of sp³-hybridized carbons (Fsp3) is 0.231. The van der Waals surface area contributed by atoms with Crippen LogP contribution >= 0.6 is 0 Å². The van der Waals surface area contributed by atoms with Crippen molar-refractivity contribution in [2.24, 2.45) is 0 Å². The number of hydrogen-bond acceptors (Lipinski definition) is 6. The maximum Gasteiger partial charge on any atom is 0.249 e. The highest BCUT2D eigenvalue weighted by atomic mass is 16.2. The summed E-state index contributed by atoms with van der Waals surface area (Å²) < 4.78 is 0. The number of fused-ring (bicyclic) bond motifs is 2. The summed E-state index contributed by atoms with van der Waals surface area (Å²) in [5.41, 5.74) is 5.55. The maximum atomic E-state index is 12.7. The van der Waals surface area contributed by atoms with Crippen molar-refractivity contribution >= 4 is 39.8 Å². The summed E-state index contributed by atoms with van der Waals surface area (Å²) in [6.07, 6.45) is 3.56. The third kappa shape index (κ3) is 3.65. The molecule has 3 heterocycles. The minimum Gasteiger partial charge on any atom is -0.356 e. The van der Waals surface area contributed by atoms with E-state index in [9.17, 15) is 4.79 Å². The monoisotopic (exact) mass is 438 g/mol. The van der Waals surface area contributed by atoms with Crippen molar-refractivity contribution in [2.45, 2.75) is 32.9 Å². The van der Waals surface area contributed by atoms with Crippen LogP contribution in [0, 0.1) is 0 Å². The molecule has 7 nitrogen and oxygen atoms in total. The number of carbonyl (C=O) groups is 1. The normalized spacial score (nSPS) is 15.8. The van der Waals surface area contributed by atoms with Gasteiger partial charge in [-0.15, -0.1) is 0 Å². The topological polar surface area (TPSA) is 74.2 Å². The minimum absolute atomic E-state index is 0.0949. The third-order valence-corrected chi connectivity index (χ3v) is 6.11. The van der Waals surface area contributed by atoms with E-state index in [0.29, 0.717) is 5.95 Å². The summed E-state index contributed by atoms with van der Waals surface area (Å²) in [5, 5.41) is 4.39. The van der Waals surface area contributed by atoms with E-state index in [1.54, 1.807) is 17.3 Å². The number of pyridine rings is 1. The first kappa shape index (κ1) is 20.9. The number of likely N-dealkylation sites (N-methyl/N-ethyl adjacent to an activating group) is 1. The molecule has 2 aromatic heterocycles. The van der Waals surface area contributed by atoms with Crippen molar-refractivity contribution in [1.29, 1.82) is 0 Å². The Morgan fingerprint density at radius 1 is 0.970 bits per heavy atom. The van der Waals surface area contributed by atoms with Gasteiger partial charge >= 0.3 is 0 Å². The number of rotatable bonds is 4. The minimum atomic E-state index is -0.225. The zero-order valence-electron chi connectivity index (χ0n) is 19.1. The summed E-state index contributed by atoms with van der Waals surface area (Å²) in [7, 11) is 1.83. The number of anilines is 4. The van der Waals surface area contributed by atoms with Crippen LogP contribution in [0.25, 0.3) is 22.2 Å². The van der Waals surface area contributed by atoms with E-state index in [-0.39, 0.29) is 18.0 Å². The van der Waals surface area contributed by atoms with Gasteiger partial charge in [0.15, 0.2) is 0 Å². The SMILES string of the molecule is CC(C)N1c2cc(Nc3nccc(-c4ccnc5ccccc45)n3)ccc2N(C)C(=O)[C@H]1C. The number of para-hydroxylation sites is 1. The van der Waals surface area contributed by atoms with E-state index in [0.717, 1.165) is 39.2 Å². The molecule has 0 radical (unpaired) electrons. The van der Waals surface area contributed by atoms with E-state index < -0.39 is 0 Å². The number of carbonyl (C=O) groups excluding carboxylic acids is 1. The Morgan fingerprint density at radius 3 is 2.58 bits per heavy atom. The third-order valence-electron chi connectivity index (χ3n) is 6.11. The second-order valence-electron chi connectivity index (χ2n) is 8.54. The Hall–Kier alpha value is -4.00. The predicted octanol–water partition coefficient (Wildman–Crippen LogP) is 5.02. The van der Waals surface area contributed by atoms with Crippen LogP contribution in [0.4, 0.5) is 23.0 Å². The lowest BCUT2D eigenvalue weighted by Crippen LogP contribution is -2.53. The van der Waals surface area contributed by atoms with Crippen LogP contribution < -0.4 is 15.1 Å². The molecular formula is C26H26N6O. The molecule has 1 aliphatic rings. The maximum absolute atomic E-state index is 12.7. The lowest BCUT2D eigenvalue weighted by molar-refractivity contribution is -0.119.